The number of carbonyl (C=O) groups excluding carboxylic acids is 1. The van der Waals surface area contributed by atoms with Gasteiger partial charge in [-0.2, -0.15) is 0 Å². The number of methoxy groups -OCH3 is 2. The van der Waals surface area contributed by atoms with Crippen molar-refractivity contribution in [2.75, 3.05) is 20.8 Å². The number of hydrogen-bond donors (Lipinski definition) is 0. The first kappa shape index (κ1) is 13.7. The van der Waals surface area contributed by atoms with E-state index in [0.29, 0.717) is 18.1 Å². The zero-order valence-electron chi connectivity index (χ0n) is 11.6. The maximum absolute atomic E-state index is 11.7. The van der Waals surface area contributed by atoms with E-state index in [-0.39, 0.29) is 5.97 Å². The van der Waals surface area contributed by atoms with Gasteiger partial charge in [-0.3, -0.25) is 0 Å². The van der Waals surface area contributed by atoms with Gasteiger partial charge >= 0.3 is 5.97 Å². The van der Waals surface area contributed by atoms with Crippen molar-refractivity contribution >= 4 is 5.97 Å². The second-order valence-electron chi connectivity index (χ2n) is 4.42. The molecule has 0 N–H and O–H groups in total. The van der Waals surface area contributed by atoms with Gasteiger partial charge in [-0.15, -0.1) is 0 Å². The summed E-state index contributed by atoms with van der Waals surface area (Å²) in [7, 11) is 3.16. The Labute approximate surface area is 112 Å². The van der Waals surface area contributed by atoms with Gasteiger partial charge in [0.05, 0.1) is 20.8 Å². The number of hydrogen-bond acceptors (Lipinski definition) is 5. The summed E-state index contributed by atoms with van der Waals surface area (Å²) < 4.78 is 21.0. The summed E-state index contributed by atoms with van der Waals surface area (Å²) in [6.45, 7) is 3.96. The number of esters is 1. The van der Waals surface area contributed by atoms with Crippen LogP contribution in [0.1, 0.15) is 19.4 Å². The molecule has 0 aromatic heterocycles. The number of carbonyl (C=O) groups is 1. The van der Waals surface area contributed by atoms with Crippen molar-refractivity contribution in [3.05, 3.63) is 23.8 Å². The quantitative estimate of drug-likeness (QED) is 0.601. The summed E-state index contributed by atoms with van der Waals surface area (Å²) in [5.41, 5.74) is 0.123. The van der Waals surface area contributed by atoms with Gasteiger partial charge in [-0.05, 0) is 26.0 Å². The van der Waals surface area contributed by atoms with E-state index < -0.39 is 11.7 Å². The standard InChI is InChI=1S/C14H18O5/c1-5-18-13(15)12-14(2,19-12)10-7-6-9(16-3)8-11(10)17-4/h6-8,12H,5H2,1-4H3. The Balaban J connectivity index is 2.26. The SMILES string of the molecule is CCOC(=O)C1OC1(C)c1ccc(OC)cc1OC. The normalized spacial score (nSPS) is 24.7. The van der Waals surface area contributed by atoms with Crippen molar-refractivity contribution in [1.29, 1.82) is 0 Å². The molecule has 104 valence electrons. The topological polar surface area (TPSA) is 57.3 Å². The third-order valence-corrected chi connectivity index (χ3v) is 3.25. The monoisotopic (exact) mass is 266 g/mol. The van der Waals surface area contributed by atoms with Crippen LogP contribution in [0.25, 0.3) is 0 Å². The van der Waals surface area contributed by atoms with E-state index in [4.69, 9.17) is 18.9 Å². The van der Waals surface area contributed by atoms with Crippen molar-refractivity contribution in [2.24, 2.45) is 0 Å². The molecule has 0 amide bonds. The molecule has 1 aromatic carbocycles. The molecule has 1 aliphatic rings. The van der Waals surface area contributed by atoms with Gasteiger partial charge in [0.1, 0.15) is 17.1 Å². The summed E-state index contributed by atoms with van der Waals surface area (Å²) in [5, 5.41) is 0. The van der Waals surface area contributed by atoms with Gasteiger partial charge in [0.25, 0.3) is 0 Å². The van der Waals surface area contributed by atoms with Crippen molar-refractivity contribution < 1.29 is 23.7 Å². The van der Waals surface area contributed by atoms with Crippen molar-refractivity contribution in [3.8, 4) is 11.5 Å². The first-order valence-corrected chi connectivity index (χ1v) is 6.13. The zero-order valence-corrected chi connectivity index (χ0v) is 11.6. The number of epoxide rings is 1. The Morgan fingerprint density at radius 3 is 2.68 bits per heavy atom. The fourth-order valence-electron chi connectivity index (χ4n) is 2.12. The van der Waals surface area contributed by atoms with E-state index in [0.717, 1.165) is 5.56 Å². The Morgan fingerprint density at radius 1 is 1.37 bits per heavy atom. The summed E-state index contributed by atoms with van der Waals surface area (Å²) in [5.74, 6) is 0.981. The minimum Gasteiger partial charge on any atom is -0.497 e. The summed E-state index contributed by atoms with van der Waals surface area (Å²) >= 11 is 0. The van der Waals surface area contributed by atoms with Gasteiger partial charge < -0.3 is 18.9 Å². The van der Waals surface area contributed by atoms with Crippen LogP contribution in [0.2, 0.25) is 0 Å². The van der Waals surface area contributed by atoms with Gasteiger partial charge in [0, 0.05) is 11.6 Å². The Bertz CT molecular complexity index is 485. The largest absolute Gasteiger partial charge is 0.497 e. The molecule has 1 fully saturated rings. The van der Waals surface area contributed by atoms with E-state index in [1.54, 1.807) is 27.2 Å². The molecule has 0 saturated carbocycles. The molecule has 1 saturated heterocycles. The average molecular weight is 266 g/mol. The molecule has 2 atom stereocenters. The van der Waals surface area contributed by atoms with Crippen molar-refractivity contribution in [2.45, 2.75) is 25.6 Å². The minimum absolute atomic E-state index is 0.342. The molecule has 5 nitrogen and oxygen atoms in total. The maximum atomic E-state index is 11.7. The number of rotatable bonds is 5. The highest BCUT2D eigenvalue weighted by Gasteiger charge is 2.60. The second-order valence-corrected chi connectivity index (χ2v) is 4.42. The molecule has 1 aromatic rings. The van der Waals surface area contributed by atoms with Gasteiger partial charge in [-0.25, -0.2) is 4.79 Å². The molecule has 0 aliphatic carbocycles. The van der Waals surface area contributed by atoms with Crippen molar-refractivity contribution in [1.82, 2.24) is 0 Å². The molecular weight excluding hydrogens is 248 g/mol. The first-order valence-electron chi connectivity index (χ1n) is 6.13. The molecule has 19 heavy (non-hydrogen) atoms. The van der Waals surface area contributed by atoms with Crippen LogP contribution in [0.15, 0.2) is 18.2 Å². The maximum Gasteiger partial charge on any atom is 0.338 e. The summed E-state index contributed by atoms with van der Waals surface area (Å²) in [6, 6.07) is 5.42. The van der Waals surface area contributed by atoms with E-state index in [9.17, 15) is 4.79 Å². The number of ether oxygens (including phenoxy) is 4. The Hall–Kier alpha value is -1.75. The molecule has 0 spiro atoms. The van der Waals surface area contributed by atoms with Crippen molar-refractivity contribution in [3.63, 3.8) is 0 Å². The average Bonchev–Trinajstić information content (AvgIpc) is 3.12. The highest BCUT2D eigenvalue weighted by atomic mass is 16.7. The predicted molar refractivity (Wildman–Crippen MR) is 68.4 cm³/mol. The zero-order chi connectivity index (χ0) is 14.0. The van der Waals surface area contributed by atoms with Crippen LogP contribution in [-0.4, -0.2) is 32.9 Å². The van der Waals surface area contributed by atoms with Crippen LogP contribution in [0, 0.1) is 0 Å². The van der Waals surface area contributed by atoms with E-state index in [1.165, 1.54) is 0 Å². The van der Waals surface area contributed by atoms with Crippen LogP contribution in [0.5, 0.6) is 11.5 Å². The minimum atomic E-state index is -0.691. The molecule has 0 bridgehead atoms. The Morgan fingerprint density at radius 2 is 2.11 bits per heavy atom. The smallest absolute Gasteiger partial charge is 0.338 e. The summed E-state index contributed by atoms with van der Waals surface area (Å²) in [6.07, 6.45) is -0.574. The van der Waals surface area contributed by atoms with Crippen LogP contribution in [0.4, 0.5) is 0 Å². The Kier molecular flexibility index (Phi) is 3.66. The summed E-state index contributed by atoms with van der Waals surface area (Å²) in [4.78, 5) is 11.7. The third-order valence-electron chi connectivity index (χ3n) is 3.25. The van der Waals surface area contributed by atoms with Gasteiger partial charge in [-0.1, -0.05) is 0 Å². The lowest BCUT2D eigenvalue weighted by Crippen LogP contribution is -2.19. The second kappa shape index (κ2) is 5.09. The number of benzene rings is 1. The van der Waals surface area contributed by atoms with Crippen LogP contribution < -0.4 is 9.47 Å². The molecule has 2 unspecified atom stereocenters. The molecule has 5 heteroatoms. The first-order chi connectivity index (χ1) is 9.06. The lowest BCUT2D eigenvalue weighted by atomic mass is 9.96. The van der Waals surface area contributed by atoms with Crippen LogP contribution in [0.3, 0.4) is 0 Å². The highest BCUT2D eigenvalue weighted by Crippen LogP contribution is 2.50. The molecule has 1 aliphatic heterocycles. The fraction of sp³-hybridized carbons (Fsp3) is 0.500. The van der Waals surface area contributed by atoms with Gasteiger partial charge in [0.2, 0.25) is 0 Å². The molecule has 2 rings (SSSR count). The molecular formula is C14H18O5. The third kappa shape index (κ3) is 2.38. The van der Waals surface area contributed by atoms with Crippen LogP contribution >= 0.6 is 0 Å². The lowest BCUT2D eigenvalue weighted by Gasteiger charge is -2.13. The lowest BCUT2D eigenvalue weighted by molar-refractivity contribution is -0.144. The van der Waals surface area contributed by atoms with E-state index in [2.05, 4.69) is 0 Å². The van der Waals surface area contributed by atoms with E-state index >= 15 is 0 Å². The fourth-order valence-corrected chi connectivity index (χ4v) is 2.12. The highest BCUT2D eigenvalue weighted by molar-refractivity contribution is 5.80. The van der Waals surface area contributed by atoms with Crippen LogP contribution in [-0.2, 0) is 19.9 Å². The molecule has 1 heterocycles. The van der Waals surface area contributed by atoms with Gasteiger partial charge in [0.15, 0.2) is 6.10 Å². The van der Waals surface area contributed by atoms with E-state index in [1.807, 2.05) is 19.1 Å². The molecule has 0 radical (unpaired) electrons. The predicted octanol–water partition coefficient (Wildman–Crippen LogP) is 1.88.